The maximum atomic E-state index is 11.5. The predicted octanol–water partition coefficient (Wildman–Crippen LogP) is 0.389. The van der Waals surface area contributed by atoms with Gasteiger partial charge in [0.15, 0.2) is 0 Å². The zero-order chi connectivity index (χ0) is 11.6. The van der Waals surface area contributed by atoms with Crippen molar-refractivity contribution >= 4 is 5.91 Å². The molecule has 0 aromatic rings. The molecule has 0 heterocycles. The number of aliphatic hydroxyl groups is 1. The molecule has 1 atom stereocenters. The van der Waals surface area contributed by atoms with E-state index >= 15 is 0 Å². The number of hydrogen-bond donors (Lipinski definition) is 3. The Morgan fingerprint density at radius 3 is 2.14 bits per heavy atom. The molecule has 4 N–H and O–H groups in total. The highest BCUT2D eigenvalue weighted by Gasteiger charge is 2.36. The van der Waals surface area contributed by atoms with Crippen molar-refractivity contribution in [3.63, 3.8) is 0 Å². The molecule has 0 rings (SSSR count). The van der Waals surface area contributed by atoms with Crippen molar-refractivity contribution in [1.29, 1.82) is 0 Å². The van der Waals surface area contributed by atoms with Crippen molar-refractivity contribution in [2.45, 2.75) is 58.2 Å². The largest absolute Gasteiger partial charge is 0.388 e. The number of carbonyl (C=O) groups excluding carboxylic acids is 1. The fraction of sp³-hybridized carbons (Fsp3) is 0.900. The van der Waals surface area contributed by atoms with E-state index in [0.29, 0.717) is 6.42 Å². The summed E-state index contributed by atoms with van der Waals surface area (Å²) in [5, 5.41) is 12.5. The van der Waals surface area contributed by atoms with Gasteiger partial charge in [0.25, 0.3) is 0 Å². The minimum absolute atomic E-state index is 0.223. The zero-order valence-corrected chi connectivity index (χ0v) is 9.72. The Hall–Kier alpha value is -0.610. The van der Waals surface area contributed by atoms with Crippen LogP contribution in [0.2, 0.25) is 0 Å². The molecule has 4 heteroatoms. The summed E-state index contributed by atoms with van der Waals surface area (Å²) in [6.07, 6.45) is 0.591. The lowest BCUT2D eigenvalue weighted by Crippen LogP contribution is -2.60. The van der Waals surface area contributed by atoms with Crippen molar-refractivity contribution in [1.82, 2.24) is 5.32 Å². The van der Waals surface area contributed by atoms with E-state index in [2.05, 4.69) is 5.32 Å². The Morgan fingerprint density at radius 2 is 1.86 bits per heavy atom. The molecule has 84 valence electrons. The topological polar surface area (TPSA) is 75.4 Å². The molecule has 0 aliphatic carbocycles. The first kappa shape index (κ1) is 13.4. The highest BCUT2D eigenvalue weighted by atomic mass is 16.3. The lowest BCUT2D eigenvalue weighted by molar-refractivity contribution is -0.127. The third kappa shape index (κ3) is 3.27. The van der Waals surface area contributed by atoms with Gasteiger partial charge in [0.2, 0.25) is 5.91 Å². The van der Waals surface area contributed by atoms with Crippen LogP contribution < -0.4 is 11.1 Å². The molecule has 0 spiro atoms. The highest BCUT2D eigenvalue weighted by Crippen LogP contribution is 2.20. The molecule has 0 aliphatic rings. The van der Waals surface area contributed by atoms with Crippen molar-refractivity contribution in [3.8, 4) is 0 Å². The molecule has 0 fully saturated rings. The summed E-state index contributed by atoms with van der Waals surface area (Å²) in [5.74, 6) is -0.223. The van der Waals surface area contributed by atoms with E-state index in [1.807, 2.05) is 6.92 Å². The van der Waals surface area contributed by atoms with E-state index in [1.165, 1.54) is 0 Å². The third-order valence-electron chi connectivity index (χ3n) is 2.74. The fourth-order valence-electron chi connectivity index (χ4n) is 0.739. The summed E-state index contributed by atoms with van der Waals surface area (Å²) in [5.41, 5.74) is 3.91. The molecular formula is C10H22N2O2. The average Bonchev–Trinajstić information content (AvgIpc) is 2.00. The second-order valence-corrected chi connectivity index (χ2v) is 4.69. The van der Waals surface area contributed by atoms with E-state index in [4.69, 9.17) is 5.73 Å². The van der Waals surface area contributed by atoms with Gasteiger partial charge < -0.3 is 16.2 Å². The molecule has 4 nitrogen and oxygen atoms in total. The van der Waals surface area contributed by atoms with E-state index in [-0.39, 0.29) is 5.91 Å². The lowest BCUT2D eigenvalue weighted by atomic mass is 9.85. The van der Waals surface area contributed by atoms with Crippen LogP contribution in [0.1, 0.15) is 41.0 Å². The van der Waals surface area contributed by atoms with Crippen molar-refractivity contribution in [2.24, 2.45) is 5.73 Å². The van der Waals surface area contributed by atoms with Crippen LogP contribution in [-0.2, 0) is 4.79 Å². The zero-order valence-electron chi connectivity index (χ0n) is 9.72. The monoisotopic (exact) mass is 202 g/mol. The second-order valence-electron chi connectivity index (χ2n) is 4.69. The molecule has 0 saturated heterocycles. The van der Waals surface area contributed by atoms with Crippen molar-refractivity contribution in [2.75, 3.05) is 0 Å². The van der Waals surface area contributed by atoms with E-state index in [1.54, 1.807) is 27.7 Å². The van der Waals surface area contributed by atoms with Gasteiger partial charge in [-0.05, 0) is 34.1 Å². The number of nitrogens with two attached hydrogens (primary N) is 1. The summed E-state index contributed by atoms with van der Waals surface area (Å²) in [6.45, 7) is 8.71. The number of hydrogen-bond acceptors (Lipinski definition) is 3. The first-order valence-electron chi connectivity index (χ1n) is 4.92. The van der Waals surface area contributed by atoms with Gasteiger partial charge in [-0.1, -0.05) is 6.92 Å². The molecule has 0 unspecified atom stereocenters. The van der Waals surface area contributed by atoms with E-state index < -0.39 is 17.2 Å². The Kier molecular flexibility index (Phi) is 4.09. The van der Waals surface area contributed by atoms with Gasteiger partial charge in [0, 0.05) is 0 Å². The van der Waals surface area contributed by atoms with Gasteiger partial charge >= 0.3 is 0 Å². The molecule has 14 heavy (non-hydrogen) atoms. The van der Waals surface area contributed by atoms with Crippen LogP contribution in [0, 0.1) is 0 Å². The van der Waals surface area contributed by atoms with Crippen LogP contribution >= 0.6 is 0 Å². The molecule has 0 bridgehead atoms. The number of rotatable bonds is 4. The minimum atomic E-state index is -0.976. The summed E-state index contributed by atoms with van der Waals surface area (Å²) in [4.78, 5) is 11.5. The van der Waals surface area contributed by atoms with Crippen LogP contribution in [0.5, 0.6) is 0 Å². The highest BCUT2D eigenvalue weighted by molar-refractivity contribution is 5.82. The van der Waals surface area contributed by atoms with Crippen molar-refractivity contribution < 1.29 is 9.90 Å². The van der Waals surface area contributed by atoms with Crippen LogP contribution in [0.25, 0.3) is 0 Å². The Balaban J connectivity index is 4.45. The summed E-state index contributed by atoms with van der Waals surface area (Å²) < 4.78 is 0. The van der Waals surface area contributed by atoms with Gasteiger partial charge in [0.05, 0.1) is 17.2 Å². The quantitative estimate of drug-likeness (QED) is 0.617. The molecule has 1 amide bonds. The standard InChI is InChI=1S/C10H22N2O2/c1-6-7(11)8(13)12-9(2,3)10(4,5)14/h7,14H,6,11H2,1-5H3,(H,12,13)/t7-/m0/s1. The molecule has 0 aromatic heterocycles. The Bertz CT molecular complexity index is 207. The second kappa shape index (κ2) is 4.28. The molecular weight excluding hydrogens is 180 g/mol. The van der Waals surface area contributed by atoms with E-state index in [9.17, 15) is 9.90 Å². The number of amides is 1. The maximum absolute atomic E-state index is 11.5. The van der Waals surface area contributed by atoms with Crippen LogP contribution in [0.15, 0.2) is 0 Å². The van der Waals surface area contributed by atoms with Gasteiger partial charge in [-0.15, -0.1) is 0 Å². The smallest absolute Gasteiger partial charge is 0.237 e. The first-order valence-corrected chi connectivity index (χ1v) is 4.92. The SMILES string of the molecule is CC[C@H](N)C(=O)NC(C)(C)C(C)(C)O. The third-order valence-corrected chi connectivity index (χ3v) is 2.74. The van der Waals surface area contributed by atoms with Gasteiger partial charge in [-0.2, -0.15) is 0 Å². The van der Waals surface area contributed by atoms with E-state index in [0.717, 1.165) is 0 Å². The summed E-state index contributed by atoms with van der Waals surface area (Å²) in [7, 11) is 0. The van der Waals surface area contributed by atoms with Gasteiger partial charge in [-0.3, -0.25) is 4.79 Å². The maximum Gasteiger partial charge on any atom is 0.237 e. The number of nitrogens with one attached hydrogen (secondary N) is 1. The molecule has 0 aliphatic heterocycles. The summed E-state index contributed by atoms with van der Waals surface area (Å²) in [6, 6.07) is -0.503. The van der Waals surface area contributed by atoms with Crippen molar-refractivity contribution in [3.05, 3.63) is 0 Å². The number of carbonyl (C=O) groups is 1. The lowest BCUT2D eigenvalue weighted by Gasteiger charge is -2.38. The van der Waals surface area contributed by atoms with Gasteiger partial charge in [-0.25, -0.2) is 0 Å². The van der Waals surface area contributed by atoms with Crippen LogP contribution in [0.4, 0.5) is 0 Å². The average molecular weight is 202 g/mol. The van der Waals surface area contributed by atoms with Crippen LogP contribution in [0.3, 0.4) is 0 Å². The van der Waals surface area contributed by atoms with Gasteiger partial charge in [0.1, 0.15) is 0 Å². The molecule has 0 radical (unpaired) electrons. The minimum Gasteiger partial charge on any atom is -0.388 e. The normalized spacial score (nSPS) is 15.1. The summed E-state index contributed by atoms with van der Waals surface area (Å²) >= 11 is 0. The molecule has 0 aromatic carbocycles. The Morgan fingerprint density at radius 1 is 1.43 bits per heavy atom. The Labute approximate surface area is 85.9 Å². The molecule has 0 saturated carbocycles. The van der Waals surface area contributed by atoms with Crippen LogP contribution in [-0.4, -0.2) is 28.2 Å². The first-order chi connectivity index (χ1) is 6.12. The predicted molar refractivity (Wildman–Crippen MR) is 56.8 cm³/mol. The fourth-order valence-corrected chi connectivity index (χ4v) is 0.739.